The average molecular weight is 421 g/mol. The first kappa shape index (κ1) is 20.8. The third-order valence-corrected chi connectivity index (χ3v) is 5.89. The van der Waals surface area contributed by atoms with Gasteiger partial charge in [-0.3, -0.25) is 14.5 Å². The third-order valence-electron chi connectivity index (χ3n) is 5.89. The molecule has 1 aromatic heterocycles. The van der Waals surface area contributed by atoms with Gasteiger partial charge in [-0.25, -0.2) is 9.18 Å². The van der Waals surface area contributed by atoms with Crippen LogP contribution in [0.2, 0.25) is 0 Å². The van der Waals surface area contributed by atoms with Crippen molar-refractivity contribution in [2.75, 3.05) is 6.54 Å². The predicted molar refractivity (Wildman–Crippen MR) is 115 cm³/mol. The topological polar surface area (TPSA) is 82.3 Å². The number of carbonyl (C=O) groups excluding carboxylic acids is 3. The number of hydrogen-bond acceptors (Lipinski definition) is 3. The number of fused-ring (bicyclic) bond motifs is 1. The molecule has 6 nitrogen and oxygen atoms in total. The molecule has 1 aliphatic heterocycles. The highest BCUT2D eigenvalue weighted by molar-refractivity contribution is 6.15. The Balaban J connectivity index is 1.67. The molecular formula is C24H24FN3O3. The molecule has 1 unspecified atom stereocenters. The monoisotopic (exact) mass is 421 g/mol. The van der Waals surface area contributed by atoms with Gasteiger partial charge in [0.2, 0.25) is 0 Å². The molecule has 7 heteroatoms. The van der Waals surface area contributed by atoms with Gasteiger partial charge in [0.1, 0.15) is 11.4 Å². The van der Waals surface area contributed by atoms with E-state index in [-0.39, 0.29) is 12.3 Å². The van der Waals surface area contributed by atoms with Crippen LogP contribution in [0.3, 0.4) is 0 Å². The van der Waals surface area contributed by atoms with Crippen LogP contribution >= 0.6 is 0 Å². The first-order valence-corrected chi connectivity index (χ1v) is 10.4. The molecule has 2 N–H and O–H groups in total. The van der Waals surface area contributed by atoms with E-state index in [1.54, 1.807) is 6.92 Å². The molecule has 0 saturated carbocycles. The van der Waals surface area contributed by atoms with Gasteiger partial charge in [-0.2, -0.15) is 0 Å². The van der Waals surface area contributed by atoms with Gasteiger partial charge in [-0.05, 0) is 37.1 Å². The van der Waals surface area contributed by atoms with Gasteiger partial charge in [0, 0.05) is 22.2 Å². The Bertz CT molecular complexity index is 1170. The number of unbranched alkanes of at least 4 members (excludes halogenated alkanes) is 1. The van der Waals surface area contributed by atoms with Crippen molar-refractivity contribution in [1.29, 1.82) is 0 Å². The Morgan fingerprint density at radius 3 is 2.52 bits per heavy atom. The van der Waals surface area contributed by atoms with Crippen LogP contribution in [0.5, 0.6) is 0 Å². The smallest absolute Gasteiger partial charge is 0.325 e. The molecule has 1 aliphatic rings. The zero-order chi connectivity index (χ0) is 22.2. The summed E-state index contributed by atoms with van der Waals surface area (Å²) in [5, 5.41) is 3.55. The quantitative estimate of drug-likeness (QED) is 0.437. The Hall–Kier alpha value is -3.48. The summed E-state index contributed by atoms with van der Waals surface area (Å²) in [6.45, 7) is 3.42. The number of carbonyl (C=O) groups is 3. The van der Waals surface area contributed by atoms with E-state index < -0.39 is 23.3 Å². The number of hydrogen-bond donors (Lipinski definition) is 2. The normalized spacial score (nSPS) is 18.6. The number of ketones is 1. The number of nitrogens with one attached hydrogen (secondary N) is 2. The van der Waals surface area contributed by atoms with Crippen LogP contribution < -0.4 is 5.32 Å². The first-order chi connectivity index (χ1) is 14.9. The van der Waals surface area contributed by atoms with Gasteiger partial charge in [-0.1, -0.05) is 50.1 Å². The van der Waals surface area contributed by atoms with E-state index >= 15 is 0 Å². The Labute approximate surface area is 179 Å². The number of halogens is 1. The van der Waals surface area contributed by atoms with Crippen LogP contribution in [0.4, 0.5) is 9.18 Å². The molecule has 0 bridgehead atoms. The number of amides is 3. The molecule has 0 radical (unpaired) electrons. The largest absolute Gasteiger partial charge is 0.358 e. The fourth-order valence-electron chi connectivity index (χ4n) is 4.31. The second-order valence-corrected chi connectivity index (χ2v) is 7.93. The van der Waals surface area contributed by atoms with Crippen molar-refractivity contribution in [1.82, 2.24) is 15.2 Å². The highest BCUT2D eigenvalue weighted by atomic mass is 19.1. The Morgan fingerprint density at radius 1 is 1.10 bits per heavy atom. The van der Waals surface area contributed by atoms with Crippen LogP contribution in [0.25, 0.3) is 10.9 Å². The SMILES string of the molecule is CCCCC1(c2ccc(F)cc2)NC(=O)N(CC(=O)c2c(C)[nH]c3ccccc23)C1=O. The zero-order valence-electron chi connectivity index (χ0n) is 17.5. The van der Waals surface area contributed by atoms with Gasteiger partial charge in [0.05, 0.1) is 6.54 Å². The van der Waals surface area contributed by atoms with E-state index in [1.165, 1.54) is 24.3 Å². The molecule has 0 spiro atoms. The number of aromatic amines is 1. The lowest BCUT2D eigenvalue weighted by Crippen LogP contribution is -2.44. The predicted octanol–water partition coefficient (Wildman–Crippen LogP) is 4.44. The minimum atomic E-state index is -1.30. The highest BCUT2D eigenvalue weighted by Crippen LogP contribution is 2.35. The number of nitrogens with zero attached hydrogens (tertiary/aromatic N) is 1. The van der Waals surface area contributed by atoms with E-state index in [2.05, 4.69) is 10.3 Å². The second kappa shape index (κ2) is 7.98. The van der Waals surface area contributed by atoms with Crippen LogP contribution in [-0.4, -0.2) is 34.2 Å². The number of imide groups is 1. The van der Waals surface area contributed by atoms with Crippen LogP contribution in [-0.2, 0) is 10.3 Å². The maximum atomic E-state index is 13.5. The molecule has 1 atom stereocenters. The van der Waals surface area contributed by atoms with Crippen molar-refractivity contribution in [2.45, 2.75) is 38.6 Å². The molecule has 1 saturated heterocycles. The number of urea groups is 1. The fourth-order valence-corrected chi connectivity index (χ4v) is 4.31. The van der Waals surface area contributed by atoms with E-state index in [4.69, 9.17) is 0 Å². The average Bonchev–Trinajstić information content (AvgIpc) is 3.21. The van der Waals surface area contributed by atoms with Gasteiger partial charge in [0.15, 0.2) is 5.78 Å². The summed E-state index contributed by atoms with van der Waals surface area (Å²) in [5.41, 5.74) is 1.21. The molecule has 0 aliphatic carbocycles. The minimum absolute atomic E-state index is 0.316. The first-order valence-electron chi connectivity index (χ1n) is 10.4. The summed E-state index contributed by atoms with van der Waals surface area (Å²) in [6, 6.07) is 12.4. The van der Waals surface area contributed by atoms with Crippen LogP contribution in [0, 0.1) is 12.7 Å². The summed E-state index contributed by atoms with van der Waals surface area (Å²) in [5.74, 6) is -1.22. The lowest BCUT2D eigenvalue weighted by atomic mass is 9.84. The van der Waals surface area contributed by atoms with Crippen molar-refractivity contribution in [3.05, 3.63) is 71.2 Å². The summed E-state index contributed by atoms with van der Waals surface area (Å²) < 4.78 is 13.5. The third kappa shape index (κ3) is 3.50. The van der Waals surface area contributed by atoms with E-state index in [1.807, 2.05) is 31.2 Å². The summed E-state index contributed by atoms with van der Waals surface area (Å²) in [7, 11) is 0. The van der Waals surface area contributed by atoms with Crippen LogP contribution in [0.1, 0.15) is 47.8 Å². The van der Waals surface area contributed by atoms with E-state index in [9.17, 15) is 18.8 Å². The molecule has 31 heavy (non-hydrogen) atoms. The van der Waals surface area contributed by atoms with Crippen molar-refractivity contribution in [3.63, 3.8) is 0 Å². The number of Topliss-reactive ketones (excluding diaryl/α,β-unsaturated/α-hetero) is 1. The van der Waals surface area contributed by atoms with Crippen LogP contribution in [0.15, 0.2) is 48.5 Å². The lowest BCUT2D eigenvalue weighted by Gasteiger charge is -2.27. The molecule has 1 fully saturated rings. The maximum Gasteiger partial charge on any atom is 0.325 e. The van der Waals surface area contributed by atoms with Crippen molar-refractivity contribution >= 4 is 28.6 Å². The van der Waals surface area contributed by atoms with Gasteiger partial charge < -0.3 is 10.3 Å². The number of aromatic nitrogens is 1. The van der Waals surface area contributed by atoms with Gasteiger partial charge in [0.25, 0.3) is 5.91 Å². The van der Waals surface area contributed by atoms with Crippen molar-refractivity contribution < 1.29 is 18.8 Å². The zero-order valence-corrected chi connectivity index (χ0v) is 17.5. The van der Waals surface area contributed by atoms with Crippen molar-refractivity contribution in [2.24, 2.45) is 0 Å². The van der Waals surface area contributed by atoms with E-state index in [0.29, 0.717) is 29.7 Å². The number of benzene rings is 2. The number of H-pyrrole nitrogens is 1. The Morgan fingerprint density at radius 2 is 1.81 bits per heavy atom. The molecular weight excluding hydrogens is 397 g/mol. The number of aryl methyl sites for hydroxylation is 1. The fraction of sp³-hybridized carbons (Fsp3) is 0.292. The van der Waals surface area contributed by atoms with Gasteiger partial charge in [-0.15, -0.1) is 0 Å². The molecule has 3 aromatic rings. The maximum absolute atomic E-state index is 13.5. The molecule has 2 aromatic carbocycles. The summed E-state index contributed by atoms with van der Waals surface area (Å²) in [4.78, 5) is 43.6. The molecule has 160 valence electrons. The number of para-hydroxylation sites is 1. The Kier molecular flexibility index (Phi) is 5.35. The van der Waals surface area contributed by atoms with Gasteiger partial charge >= 0.3 is 6.03 Å². The molecule has 2 heterocycles. The highest BCUT2D eigenvalue weighted by Gasteiger charge is 2.52. The van der Waals surface area contributed by atoms with Crippen molar-refractivity contribution in [3.8, 4) is 0 Å². The summed E-state index contributed by atoms with van der Waals surface area (Å²) in [6.07, 6.45) is 1.88. The van der Waals surface area contributed by atoms with E-state index in [0.717, 1.165) is 22.2 Å². The molecule has 4 rings (SSSR count). The lowest BCUT2D eigenvalue weighted by molar-refractivity contribution is -0.131. The standard InChI is InChI=1S/C24H24FN3O3/c1-3-4-13-24(16-9-11-17(25)12-10-16)22(30)28(23(31)27-24)14-20(29)21-15(2)26-19-8-6-5-7-18(19)21/h5-12,26H,3-4,13-14H2,1-2H3,(H,27,31). The second-order valence-electron chi connectivity index (χ2n) is 7.93. The molecule has 3 amide bonds. The minimum Gasteiger partial charge on any atom is -0.358 e. The number of rotatable bonds is 7. The summed E-state index contributed by atoms with van der Waals surface area (Å²) >= 11 is 0.